The number of piperidine rings is 1. The number of carbonyl (C=O) groups excluding carboxylic acids is 2. The second kappa shape index (κ2) is 5.84. The van der Waals surface area contributed by atoms with Crippen LogP contribution in [0.4, 0.5) is 5.69 Å². The number of anilines is 1. The molecule has 7 nitrogen and oxygen atoms in total. The van der Waals surface area contributed by atoms with Crippen molar-refractivity contribution in [3.8, 4) is 0 Å². The van der Waals surface area contributed by atoms with Crippen LogP contribution in [-0.2, 0) is 21.5 Å². The molecule has 25 heavy (non-hydrogen) atoms. The Morgan fingerprint density at radius 2 is 2.08 bits per heavy atom. The van der Waals surface area contributed by atoms with Crippen LogP contribution in [0.15, 0.2) is 47.5 Å². The first-order chi connectivity index (χ1) is 12.1. The average Bonchev–Trinajstić information content (AvgIpc) is 2.89. The number of aromatic nitrogens is 2. The van der Waals surface area contributed by atoms with Crippen LogP contribution in [0.3, 0.4) is 0 Å². The zero-order chi connectivity index (χ0) is 17.4. The van der Waals surface area contributed by atoms with Gasteiger partial charge < -0.3 is 10.2 Å². The van der Waals surface area contributed by atoms with Crippen molar-refractivity contribution in [2.24, 2.45) is 0 Å². The number of likely N-dealkylation sites (tertiary alicyclic amines) is 1. The third kappa shape index (κ3) is 2.52. The Morgan fingerprint density at radius 1 is 1.24 bits per heavy atom. The number of benzene rings is 1. The van der Waals surface area contributed by atoms with Crippen molar-refractivity contribution in [2.45, 2.75) is 24.8 Å². The lowest BCUT2D eigenvalue weighted by Gasteiger charge is -2.39. The second-order valence-corrected chi connectivity index (χ2v) is 6.53. The first-order valence-corrected chi connectivity index (χ1v) is 8.30. The third-order valence-electron chi connectivity index (χ3n) is 5.06. The first kappa shape index (κ1) is 15.6. The predicted molar refractivity (Wildman–Crippen MR) is 91.1 cm³/mol. The molecule has 1 N–H and O–H groups in total. The van der Waals surface area contributed by atoms with Gasteiger partial charge in [-0.3, -0.25) is 14.2 Å². The van der Waals surface area contributed by atoms with Crippen molar-refractivity contribution in [3.05, 3.63) is 58.8 Å². The Hall–Kier alpha value is -2.96. The van der Waals surface area contributed by atoms with Gasteiger partial charge in [-0.2, -0.15) is 0 Å². The largest absolute Gasteiger partial charge is 0.347 e. The molecule has 0 radical (unpaired) electrons. The van der Waals surface area contributed by atoms with Crippen molar-refractivity contribution in [2.75, 3.05) is 18.4 Å². The molecule has 2 aromatic rings. The highest BCUT2D eigenvalue weighted by Gasteiger charge is 2.49. The molecule has 0 aliphatic carbocycles. The fourth-order valence-electron chi connectivity index (χ4n) is 3.80. The van der Waals surface area contributed by atoms with Crippen LogP contribution < -0.4 is 11.0 Å². The minimum atomic E-state index is -0.690. The van der Waals surface area contributed by atoms with Crippen LogP contribution in [0.5, 0.6) is 0 Å². The molecule has 1 fully saturated rings. The number of amides is 2. The van der Waals surface area contributed by atoms with E-state index in [0.29, 0.717) is 19.5 Å². The summed E-state index contributed by atoms with van der Waals surface area (Å²) < 4.78 is 1.28. The fraction of sp³-hybridized carbons (Fsp3) is 0.333. The normalized spacial score (nSPS) is 21.9. The summed E-state index contributed by atoms with van der Waals surface area (Å²) in [6.07, 6.45) is 4.41. The third-order valence-corrected chi connectivity index (χ3v) is 5.06. The highest BCUT2D eigenvalue weighted by molar-refractivity contribution is 6.06. The zero-order valence-corrected chi connectivity index (χ0v) is 13.6. The Labute approximate surface area is 144 Å². The van der Waals surface area contributed by atoms with Gasteiger partial charge in [0.15, 0.2) is 0 Å². The molecule has 1 aromatic heterocycles. The second-order valence-electron chi connectivity index (χ2n) is 6.53. The summed E-state index contributed by atoms with van der Waals surface area (Å²) in [6.45, 7) is 0.862. The fourth-order valence-corrected chi connectivity index (χ4v) is 3.80. The highest BCUT2D eigenvalue weighted by Crippen LogP contribution is 2.43. The minimum Gasteiger partial charge on any atom is -0.340 e. The minimum absolute atomic E-state index is 0.0512. The van der Waals surface area contributed by atoms with E-state index in [2.05, 4.69) is 10.3 Å². The van der Waals surface area contributed by atoms with Crippen molar-refractivity contribution in [1.82, 2.24) is 14.5 Å². The molecule has 1 atom stereocenters. The van der Waals surface area contributed by atoms with E-state index in [1.54, 1.807) is 17.2 Å². The van der Waals surface area contributed by atoms with E-state index < -0.39 is 11.1 Å². The average molecular weight is 338 g/mol. The molecule has 2 aliphatic heterocycles. The predicted octanol–water partition coefficient (Wildman–Crippen LogP) is 0.756. The highest BCUT2D eigenvalue weighted by atomic mass is 16.2. The maximum Gasteiger partial charge on any atom is 0.347 e. The van der Waals surface area contributed by atoms with Gasteiger partial charge in [-0.05, 0) is 30.5 Å². The lowest BCUT2D eigenvalue weighted by molar-refractivity contribution is -0.136. The standard InChI is InChI=1S/C18H18N4O3/c23-15(11-21-10-4-8-19-17(21)25)22-9-3-7-18(12-22)13-5-1-2-6-14(13)20-16(18)24/h1-2,4-6,8,10H,3,7,9,11-12H2,(H,20,24). The molecule has 0 saturated carbocycles. The number of carbonyl (C=O) groups is 2. The van der Waals surface area contributed by atoms with Gasteiger partial charge in [-0.1, -0.05) is 18.2 Å². The number of rotatable bonds is 2. The van der Waals surface area contributed by atoms with E-state index in [1.807, 2.05) is 24.3 Å². The van der Waals surface area contributed by atoms with Crippen molar-refractivity contribution < 1.29 is 9.59 Å². The smallest absolute Gasteiger partial charge is 0.340 e. The van der Waals surface area contributed by atoms with E-state index in [0.717, 1.165) is 17.7 Å². The van der Waals surface area contributed by atoms with Crippen LogP contribution in [-0.4, -0.2) is 39.4 Å². The van der Waals surface area contributed by atoms with Gasteiger partial charge in [0.1, 0.15) is 6.54 Å². The molecule has 4 rings (SSSR count). The molecular weight excluding hydrogens is 320 g/mol. The van der Waals surface area contributed by atoms with Crippen LogP contribution >= 0.6 is 0 Å². The number of hydrogen-bond donors (Lipinski definition) is 1. The summed E-state index contributed by atoms with van der Waals surface area (Å²) in [6, 6.07) is 9.26. The quantitative estimate of drug-likeness (QED) is 0.876. The summed E-state index contributed by atoms with van der Waals surface area (Å²) in [7, 11) is 0. The number of nitrogens with zero attached hydrogens (tertiary/aromatic N) is 3. The van der Waals surface area contributed by atoms with Gasteiger partial charge in [0.25, 0.3) is 0 Å². The molecule has 128 valence electrons. The van der Waals surface area contributed by atoms with E-state index in [4.69, 9.17) is 0 Å². The Morgan fingerprint density at radius 3 is 2.92 bits per heavy atom. The van der Waals surface area contributed by atoms with Gasteiger partial charge in [-0.15, -0.1) is 0 Å². The van der Waals surface area contributed by atoms with E-state index in [9.17, 15) is 14.4 Å². The summed E-state index contributed by atoms with van der Waals surface area (Å²) in [4.78, 5) is 42.4. The lowest BCUT2D eigenvalue weighted by Crippen LogP contribution is -2.52. The van der Waals surface area contributed by atoms with E-state index in [-0.39, 0.29) is 18.4 Å². The van der Waals surface area contributed by atoms with Gasteiger partial charge in [-0.25, -0.2) is 9.78 Å². The van der Waals surface area contributed by atoms with Crippen LogP contribution in [0.1, 0.15) is 18.4 Å². The molecule has 2 amide bonds. The van der Waals surface area contributed by atoms with Crippen molar-refractivity contribution >= 4 is 17.5 Å². The molecule has 3 heterocycles. The van der Waals surface area contributed by atoms with Gasteiger partial charge in [0.05, 0.1) is 5.41 Å². The molecule has 7 heteroatoms. The van der Waals surface area contributed by atoms with Crippen molar-refractivity contribution in [3.63, 3.8) is 0 Å². The van der Waals surface area contributed by atoms with Crippen LogP contribution in [0, 0.1) is 0 Å². The molecule has 1 spiro atoms. The summed E-state index contributed by atoms with van der Waals surface area (Å²) in [5, 5.41) is 2.93. The maximum atomic E-state index is 12.7. The maximum absolute atomic E-state index is 12.7. The first-order valence-electron chi connectivity index (χ1n) is 8.30. The monoisotopic (exact) mass is 338 g/mol. The number of hydrogen-bond acceptors (Lipinski definition) is 4. The number of para-hydroxylation sites is 1. The Bertz CT molecular complexity index is 907. The van der Waals surface area contributed by atoms with Gasteiger partial charge in [0, 0.05) is 31.2 Å². The number of fused-ring (bicyclic) bond motifs is 2. The molecule has 1 unspecified atom stereocenters. The Balaban J connectivity index is 1.59. The zero-order valence-electron chi connectivity index (χ0n) is 13.6. The van der Waals surface area contributed by atoms with E-state index in [1.165, 1.54) is 10.8 Å². The Kier molecular flexibility index (Phi) is 3.63. The SMILES string of the molecule is O=C(Cn1cccnc1=O)N1CCCC2(C1)C(=O)Nc1ccccc12. The summed E-state index contributed by atoms with van der Waals surface area (Å²) >= 11 is 0. The molecular formula is C18H18N4O3. The summed E-state index contributed by atoms with van der Waals surface area (Å²) in [5.74, 6) is -0.226. The van der Waals surface area contributed by atoms with Crippen LogP contribution in [0.25, 0.3) is 0 Å². The number of nitrogens with one attached hydrogen (secondary N) is 1. The molecule has 1 saturated heterocycles. The van der Waals surface area contributed by atoms with Crippen molar-refractivity contribution in [1.29, 1.82) is 0 Å². The molecule has 1 aromatic carbocycles. The van der Waals surface area contributed by atoms with Gasteiger partial charge in [0.2, 0.25) is 11.8 Å². The van der Waals surface area contributed by atoms with Crippen LogP contribution in [0.2, 0.25) is 0 Å². The van der Waals surface area contributed by atoms with E-state index >= 15 is 0 Å². The lowest BCUT2D eigenvalue weighted by atomic mass is 9.75. The topological polar surface area (TPSA) is 84.3 Å². The van der Waals surface area contributed by atoms with Gasteiger partial charge >= 0.3 is 5.69 Å². The molecule has 0 bridgehead atoms. The molecule has 2 aliphatic rings. The summed E-state index contributed by atoms with van der Waals surface area (Å²) in [5.41, 5.74) is 0.637.